The van der Waals surface area contributed by atoms with Gasteiger partial charge in [0.2, 0.25) is 0 Å². The molecule has 170 valence electrons. The van der Waals surface area contributed by atoms with Gasteiger partial charge in [-0.05, 0) is 32.0 Å². The Morgan fingerprint density at radius 1 is 1.06 bits per heavy atom. The Morgan fingerprint density at radius 3 is 2.75 bits per heavy atom. The highest BCUT2D eigenvalue weighted by Gasteiger charge is 2.21. The third-order valence-corrected chi connectivity index (χ3v) is 6.38. The highest BCUT2D eigenvalue weighted by atomic mass is 16.6. The Labute approximate surface area is 189 Å². The van der Waals surface area contributed by atoms with Crippen molar-refractivity contribution in [3.05, 3.63) is 42.0 Å². The molecule has 0 saturated carbocycles. The van der Waals surface area contributed by atoms with Gasteiger partial charge in [0.05, 0.1) is 36.6 Å². The molecule has 0 aromatic carbocycles. The zero-order chi connectivity index (χ0) is 21.8. The molecule has 3 aliphatic rings. The predicted octanol–water partition coefficient (Wildman–Crippen LogP) is 2.34. The summed E-state index contributed by atoms with van der Waals surface area (Å²) < 4.78 is 16.6. The molecule has 3 aliphatic heterocycles. The number of ether oxygens (including phenoxy) is 3. The molecule has 1 fully saturated rings. The number of rotatable bonds is 7. The Bertz CT molecular complexity index is 959. The summed E-state index contributed by atoms with van der Waals surface area (Å²) in [6, 6.07) is 4.60. The van der Waals surface area contributed by atoms with Gasteiger partial charge in [0.1, 0.15) is 19.0 Å². The van der Waals surface area contributed by atoms with Gasteiger partial charge in [-0.1, -0.05) is 6.08 Å². The summed E-state index contributed by atoms with van der Waals surface area (Å²) in [6.45, 7) is 7.14. The number of nitrogens with zero attached hydrogens (tertiary/aromatic N) is 4. The van der Waals surface area contributed by atoms with Gasteiger partial charge < -0.3 is 29.3 Å². The van der Waals surface area contributed by atoms with Crippen molar-refractivity contribution in [2.45, 2.75) is 25.4 Å². The standard InChI is InChI=1S/C24H31N5O3/c1-30-20-14-22-21(27-16-20)3-2-6-29(22)10-9-28-7-4-18(5-8-28)25-15-19-13-23-24(17-26-19)32-12-11-31-23/h2-3,13-14,16-18,25H,4-12,15H2,1H3. The van der Waals surface area contributed by atoms with E-state index in [9.17, 15) is 0 Å². The van der Waals surface area contributed by atoms with Gasteiger partial charge in [-0.15, -0.1) is 0 Å². The normalized spacial score (nSPS) is 18.5. The lowest BCUT2D eigenvalue weighted by atomic mass is 10.0. The van der Waals surface area contributed by atoms with E-state index in [2.05, 4.69) is 43.3 Å². The lowest BCUT2D eigenvalue weighted by Crippen LogP contribution is -2.45. The van der Waals surface area contributed by atoms with E-state index in [-0.39, 0.29) is 0 Å². The van der Waals surface area contributed by atoms with Crippen molar-refractivity contribution in [1.82, 2.24) is 20.2 Å². The summed E-state index contributed by atoms with van der Waals surface area (Å²) in [6.07, 6.45) is 10.1. The third-order valence-electron chi connectivity index (χ3n) is 6.38. The number of pyridine rings is 2. The smallest absolute Gasteiger partial charge is 0.179 e. The number of likely N-dealkylation sites (tertiary alicyclic amines) is 1. The summed E-state index contributed by atoms with van der Waals surface area (Å²) in [5, 5.41) is 3.67. The number of hydrogen-bond acceptors (Lipinski definition) is 8. The van der Waals surface area contributed by atoms with Crippen LogP contribution in [-0.4, -0.2) is 74.0 Å². The minimum atomic E-state index is 0.522. The van der Waals surface area contributed by atoms with Gasteiger partial charge in [0.15, 0.2) is 11.5 Å². The number of nitrogens with one attached hydrogen (secondary N) is 1. The number of methoxy groups -OCH3 is 1. The molecule has 2 aromatic heterocycles. The van der Waals surface area contributed by atoms with E-state index in [1.807, 2.05) is 6.07 Å². The van der Waals surface area contributed by atoms with Crippen LogP contribution in [0.25, 0.3) is 6.08 Å². The molecular weight excluding hydrogens is 406 g/mol. The molecule has 0 bridgehead atoms. The van der Waals surface area contributed by atoms with Crippen LogP contribution in [0.4, 0.5) is 5.69 Å². The van der Waals surface area contributed by atoms with Crippen LogP contribution in [0.5, 0.6) is 17.2 Å². The summed E-state index contributed by atoms with van der Waals surface area (Å²) in [5.41, 5.74) is 3.18. The fourth-order valence-corrected chi connectivity index (χ4v) is 4.50. The van der Waals surface area contributed by atoms with E-state index < -0.39 is 0 Å². The Morgan fingerprint density at radius 2 is 1.91 bits per heavy atom. The van der Waals surface area contributed by atoms with Crippen molar-refractivity contribution < 1.29 is 14.2 Å². The lowest BCUT2D eigenvalue weighted by Gasteiger charge is -2.35. The number of piperidine rings is 1. The van der Waals surface area contributed by atoms with Crippen molar-refractivity contribution in [1.29, 1.82) is 0 Å². The van der Waals surface area contributed by atoms with Gasteiger partial charge in [0, 0.05) is 44.4 Å². The Kier molecular flexibility index (Phi) is 6.41. The fraction of sp³-hybridized carbons (Fsp3) is 0.500. The van der Waals surface area contributed by atoms with Crippen molar-refractivity contribution in [2.75, 3.05) is 57.9 Å². The van der Waals surface area contributed by atoms with E-state index in [1.54, 1.807) is 19.5 Å². The first-order valence-electron chi connectivity index (χ1n) is 11.4. The first-order valence-corrected chi connectivity index (χ1v) is 11.4. The number of hydrogen-bond donors (Lipinski definition) is 1. The molecule has 0 unspecified atom stereocenters. The topological polar surface area (TPSA) is 72.0 Å². The molecule has 2 aromatic rings. The van der Waals surface area contributed by atoms with Crippen LogP contribution < -0.4 is 24.4 Å². The summed E-state index contributed by atoms with van der Waals surface area (Å²) in [7, 11) is 1.69. The quantitative estimate of drug-likeness (QED) is 0.708. The van der Waals surface area contributed by atoms with E-state index in [0.29, 0.717) is 19.3 Å². The van der Waals surface area contributed by atoms with Crippen molar-refractivity contribution >= 4 is 11.8 Å². The molecule has 8 nitrogen and oxygen atoms in total. The maximum absolute atomic E-state index is 5.66. The average Bonchev–Trinajstić information content (AvgIpc) is 2.86. The molecule has 1 saturated heterocycles. The van der Waals surface area contributed by atoms with Gasteiger partial charge in [-0.2, -0.15) is 0 Å². The molecular formula is C24H31N5O3. The van der Waals surface area contributed by atoms with Crippen LogP contribution in [0.3, 0.4) is 0 Å². The van der Waals surface area contributed by atoms with Gasteiger partial charge in [-0.3, -0.25) is 9.97 Å². The maximum atomic E-state index is 5.66. The predicted molar refractivity (Wildman–Crippen MR) is 124 cm³/mol. The van der Waals surface area contributed by atoms with Gasteiger partial charge >= 0.3 is 0 Å². The zero-order valence-corrected chi connectivity index (χ0v) is 18.6. The first-order chi connectivity index (χ1) is 15.8. The van der Waals surface area contributed by atoms with Crippen molar-refractivity contribution in [3.8, 4) is 17.2 Å². The average molecular weight is 438 g/mol. The minimum Gasteiger partial charge on any atom is -0.495 e. The molecule has 0 amide bonds. The summed E-state index contributed by atoms with van der Waals surface area (Å²) in [4.78, 5) is 14.0. The monoisotopic (exact) mass is 437 g/mol. The van der Waals surface area contributed by atoms with E-state index in [0.717, 1.165) is 86.4 Å². The maximum Gasteiger partial charge on any atom is 0.179 e. The van der Waals surface area contributed by atoms with Crippen LogP contribution in [-0.2, 0) is 6.54 Å². The highest BCUT2D eigenvalue weighted by molar-refractivity contribution is 5.69. The van der Waals surface area contributed by atoms with E-state index in [4.69, 9.17) is 14.2 Å². The Balaban J connectivity index is 1.07. The number of aromatic nitrogens is 2. The van der Waals surface area contributed by atoms with Crippen LogP contribution in [0.2, 0.25) is 0 Å². The number of fused-ring (bicyclic) bond motifs is 2. The van der Waals surface area contributed by atoms with Crippen LogP contribution in [0.15, 0.2) is 30.6 Å². The molecule has 8 heteroatoms. The highest BCUT2D eigenvalue weighted by Crippen LogP contribution is 2.30. The van der Waals surface area contributed by atoms with Crippen molar-refractivity contribution in [3.63, 3.8) is 0 Å². The zero-order valence-electron chi connectivity index (χ0n) is 18.6. The van der Waals surface area contributed by atoms with E-state index >= 15 is 0 Å². The molecule has 1 N–H and O–H groups in total. The molecule has 0 radical (unpaired) electrons. The largest absolute Gasteiger partial charge is 0.495 e. The second-order valence-corrected chi connectivity index (χ2v) is 8.44. The van der Waals surface area contributed by atoms with Crippen LogP contribution >= 0.6 is 0 Å². The van der Waals surface area contributed by atoms with E-state index in [1.165, 1.54) is 0 Å². The third kappa shape index (κ3) is 4.81. The van der Waals surface area contributed by atoms with Gasteiger partial charge in [-0.25, -0.2) is 0 Å². The first kappa shape index (κ1) is 21.0. The molecule has 32 heavy (non-hydrogen) atoms. The van der Waals surface area contributed by atoms with Gasteiger partial charge in [0.25, 0.3) is 0 Å². The SMILES string of the molecule is COc1cnc2c(c1)N(CCN1CCC(NCc3cc4c(cn3)OCCO4)CC1)CC=C2. The molecule has 0 atom stereocenters. The second-order valence-electron chi connectivity index (χ2n) is 8.44. The van der Waals surface area contributed by atoms with Crippen LogP contribution in [0, 0.1) is 0 Å². The molecule has 5 heterocycles. The van der Waals surface area contributed by atoms with Crippen LogP contribution in [0.1, 0.15) is 24.2 Å². The molecule has 5 rings (SSSR count). The fourth-order valence-electron chi connectivity index (χ4n) is 4.50. The Hall–Kier alpha value is -2.84. The lowest BCUT2D eigenvalue weighted by molar-refractivity contribution is 0.170. The minimum absolute atomic E-state index is 0.522. The summed E-state index contributed by atoms with van der Waals surface area (Å²) >= 11 is 0. The number of anilines is 1. The molecule has 0 aliphatic carbocycles. The summed E-state index contributed by atoms with van der Waals surface area (Å²) in [5.74, 6) is 2.36. The molecule has 0 spiro atoms. The van der Waals surface area contributed by atoms with Crippen molar-refractivity contribution in [2.24, 2.45) is 0 Å². The second kappa shape index (κ2) is 9.75.